The van der Waals surface area contributed by atoms with Crippen LogP contribution in [-0.4, -0.2) is 11.1 Å². The molecule has 2 aromatic rings. The zero-order chi connectivity index (χ0) is 11.2. The summed E-state index contributed by atoms with van der Waals surface area (Å²) < 4.78 is 6.94. The maximum atomic E-state index is 10.9. The van der Waals surface area contributed by atoms with Gasteiger partial charge >= 0.3 is 0 Å². The molecule has 0 radical (unpaired) electrons. The van der Waals surface area contributed by atoms with E-state index in [2.05, 4.69) is 5.32 Å². The molecule has 0 unspecified atom stereocenters. The fraction of sp³-hybridized carbons (Fsp3) is 0.250. The second-order valence-electron chi connectivity index (χ2n) is 3.58. The number of rotatable bonds is 5. The molecule has 0 amide bonds. The molecule has 0 bridgehead atoms. The maximum absolute atomic E-state index is 10.9. The van der Waals surface area contributed by atoms with Crippen molar-refractivity contribution in [2.24, 2.45) is 0 Å². The molecule has 0 saturated heterocycles. The number of nitrogens with one attached hydrogen (secondary N) is 1. The molecule has 0 aromatic carbocycles. The minimum atomic E-state index is 0.0441. The Hall–Kier alpha value is -1.81. The van der Waals surface area contributed by atoms with E-state index < -0.39 is 0 Å². The highest BCUT2D eigenvalue weighted by atomic mass is 16.3. The molecule has 84 valence electrons. The molecule has 0 saturated carbocycles. The Bertz CT molecular complexity index is 454. The van der Waals surface area contributed by atoms with Gasteiger partial charge in [0.15, 0.2) is 5.43 Å². The van der Waals surface area contributed by atoms with Gasteiger partial charge in [0.1, 0.15) is 0 Å². The monoisotopic (exact) mass is 218 g/mol. The van der Waals surface area contributed by atoms with Gasteiger partial charge in [0.05, 0.1) is 12.5 Å². The highest BCUT2D eigenvalue weighted by molar-refractivity contribution is 5.04. The fourth-order valence-corrected chi connectivity index (χ4v) is 1.43. The van der Waals surface area contributed by atoms with E-state index in [4.69, 9.17) is 4.42 Å². The quantitative estimate of drug-likeness (QED) is 0.768. The van der Waals surface area contributed by atoms with E-state index in [9.17, 15) is 4.79 Å². The van der Waals surface area contributed by atoms with E-state index in [1.165, 1.54) is 0 Å². The lowest BCUT2D eigenvalue weighted by Gasteiger charge is -2.06. The summed E-state index contributed by atoms with van der Waals surface area (Å²) in [5.41, 5.74) is 1.18. The standard InChI is InChI=1S/C12H14N2O2/c15-12-1-5-14(6-2-12)7-4-13-9-11-3-8-16-10-11/h1-3,5-6,8,10,13H,4,7,9H2. The van der Waals surface area contributed by atoms with E-state index in [0.717, 1.165) is 25.2 Å². The van der Waals surface area contributed by atoms with Gasteiger partial charge in [0.25, 0.3) is 0 Å². The fourth-order valence-electron chi connectivity index (χ4n) is 1.43. The van der Waals surface area contributed by atoms with Crippen molar-refractivity contribution < 1.29 is 4.42 Å². The van der Waals surface area contributed by atoms with Crippen LogP contribution in [0, 0.1) is 0 Å². The third-order valence-corrected chi connectivity index (χ3v) is 2.32. The van der Waals surface area contributed by atoms with Crippen molar-refractivity contribution in [3.8, 4) is 0 Å². The molecule has 4 nitrogen and oxygen atoms in total. The van der Waals surface area contributed by atoms with Gasteiger partial charge in [-0.25, -0.2) is 0 Å². The third-order valence-electron chi connectivity index (χ3n) is 2.32. The summed E-state index contributed by atoms with van der Waals surface area (Å²) in [5.74, 6) is 0. The van der Waals surface area contributed by atoms with E-state index >= 15 is 0 Å². The van der Waals surface area contributed by atoms with Gasteiger partial charge in [-0.15, -0.1) is 0 Å². The van der Waals surface area contributed by atoms with Crippen LogP contribution in [0.4, 0.5) is 0 Å². The first-order valence-electron chi connectivity index (χ1n) is 5.22. The lowest BCUT2D eigenvalue weighted by atomic mass is 10.3. The molecule has 0 atom stereocenters. The van der Waals surface area contributed by atoms with Crippen molar-refractivity contribution >= 4 is 0 Å². The Balaban J connectivity index is 1.72. The summed E-state index contributed by atoms with van der Waals surface area (Å²) in [6, 6.07) is 5.07. The summed E-state index contributed by atoms with van der Waals surface area (Å²) in [5, 5.41) is 3.29. The van der Waals surface area contributed by atoms with Crippen molar-refractivity contribution in [1.82, 2.24) is 9.88 Å². The average Bonchev–Trinajstić information content (AvgIpc) is 2.80. The topological polar surface area (TPSA) is 47.2 Å². The van der Waals surface area contributed by atoms with Gasteiger partial charge in [-0.1, -0.05) is 0 Å². The molecule has 0 aliphatic rings. The van der Waals surface area contributed by atoms with Gasteiger partial charge in [-0.2, -0.15) is 0 Å². The molecule has 2 rings (SSSR count). The average molecular weight is 218 g/mol. The van der Waals surface area contributed by atoms with E-state index in [-0.39, 0.29) is 5.43 Å². The normalized spacial score (nSPS) is 10.5. The molecular weight excluding hydrogens is 204 g/mol. The van der Waals surface area contributed by atoms with Crippen molar-refractivity contribution in [3.05, 3.63) is 58.9 Å². The highest BCUT2D eigenvalue weighted by Crippen LogP contribution is 1.98. The Labute approximate surface area is 93.5 Å². The summed E-state index contributed by atoms with van der Waals surface area (Å²) in [6.45, 7) is 2.50. The van der Waals surface area contributed by atoms with E-state index in [1.54, 1.807) is 37.1 Å². The first kappa shape index (κ1) is 10.7. The van der Waals surface area contributed by atoms with Crippen LogP contribution in [0.5, 0.6) is 0 Å². The van der Waals surface area contributed by atoms with Crippen molar-refractivity contribution in [1.29, 1.82) is 0 Å². The largest absolute Gasteiger partial charge is 0.472 e. The van der Waals surface area contributed by atoms with Crippen LogP contribution < -0.4 is 10.7 Å². The lowest BCUT2D eigenvalue weighted by Crippen LogP contribution is -2.19. The van der Waals surface area contributed by atoms with Crippen LogP contribution in [0.1, 0.15) is 5.56 Å². The Morgan fingerprint density at radius 1 is 1.25 bits per heavy atom. The van der Waals surface area contributed by atoms with Crippen LogP contribution >= 0.6 is 0 Å². The van der Waals surface area contributed by atoms with Gasteiger partial charge in [0.2, 0.25) is 0 Å². The van der Waals surface area contributed by atoms with Crippen molar-refractivity contribution in [3.63, 3.8) is 0 Å². The number of nitrogens with zero attached hydrogens (tertiary/aromatic N) is 1. The predicted octanol–water partition coefficient (Wildman–Crippen LogP) is 1.23. The summed E-state index contributed by atoms with van der Waals surface area (Å²) in [7, 11) is 0. The van der Waals surface area contributed by atoms with E-state index in [0.29, 0.717) is 0 Å². The molecule has 0 fully saturated rings. The van der Waals surface area contributed by atoms with Gasteiger partial charge in [-0.3, -0.25) is 4.79 Å². The van der Waals surface area contributed by atoms with Crippen LogP contribution in [0.2, 0.25) is 0 Å². The first-order chi connectivity index (χ1) is 7.84. The SMILES string of the molecule is O=c1ccn(CCNCc2ccoc2)cc1. The van der Waals surface area contributed by atoms with Crippen LogP contribution in [0.25, 0.3) is 0 Å². The van der Waals surface area contributed by atoms with E-state index in [1.807, 2.05) is 10.6 Å². The Morgan fingerprint density at radius 2 is 2.06 bits per heavy atom. The summed E-state index contributed by atoms with van der Waals surface area (Å²) in [4.78, 5) is 10.9. The zero-order valence-corrected chi connectivity index (χ0v) is 8.93. The molecule has 1 N–H and O–H groups in total. The molecule has 2 heterocycles. The second-order valence-corrected chi connectivity index (χ2v) is 3.58. The van der Waals surface area contributed by atoms with Crippen molar-refractivity contribution in [2.75, 3.05) is 6.54 Å². The predicted molar refractivity (Wildman–Crippen MR) is 61.1 cm³/mol. The number of aromatic nitrogens is 1. The number of furan rings is 1. The van der Waals surface area contributed by atoms with Crippen LogP contribution in [-0.2, 0) is 13.1 Å². The summed E-state index contributed by atoms with van der Waals surface area (Å²) in [6.07, 6.45) is 6.98. The molecule has 0 aliphatic carbocycles. The Kier molecular flexibility index (Phi) is 3.56. The Morgan fingerprint density at radius 3 is 2.75 bits per heavy atom. The van der Waals surface area contributed by atoms with Crippen molar-refractivity contribution in [2.45, 2.75) is 13.1 Å². The molecule has 0 aliphatic heterocycles. The summed E-state index contributed by atoms with van der Waals surface area (Å²) >= 11 is 0. The first-order valence-corrected chi connectivity index (χ1v) is 5.22. The molecule has 0 spiro atoms. The zero-order valence-electron chi connectivity index (χ0n) is 8.93. The van der Waals surface area contributed by atoms with Gasteiger partial charge < -0.3 is 14.3 Å². The molecule has 16 heavy (non-hydrogen) atoms. The molecule has 2 aromatic heterocycles. The second kappa shape index (κ2) is 5.32. The highest BCUT2D eigenvalue weighted by Gasteiger charge is 1.93. The lowest BCUT2D eigenvalue weighted by molar-refractivity contribution is 0.555. The number of hydrogen-bond donors (Lipinski definition) is 1. The van der Waals surface area contributed by atoms with Gasteiger partial charge in [0, 0.05) is 49.7 Å². The molecular formula is C12H14N2O2. The number of pyridine rings is 1. The van der Waals surface area contributed by atoms with Crippen LogP contribution in [0.15, 0.2) is 52.3 Å². The maximum Gasteiger partial charge on any atom is 0.181 e. The molecule has 4 heteroatoms. The minimum absolute atomic E-state index is 0.0441. The minimum Gasteiger partial charge on any atom is -0.472 e. The smallest absolute Gasteiger partial charge is 0.181 e. The third kappa shape index (κ3) is 3.10. The van der Waals surface area contributed by atoms with Crippen LogP contribution in [0.3, 0.4) is 0 Å². The van der Waals surface area contributed by atoms with Gasteiger partial charge in [-0.05, 0) is 6.07 Å². The number of hydrogen-bond acceptors (Lipinski definition) is 3.